The molecule has 0 saturated heterocycles. The number of fused-ring (bicyclic) bond motifs is 1. The third-order valence-electron chi connectivity index (χ3n) is 3.97. The van der Waals surface area contributed by atoms with E-state index >= 15 is 0 Å². The van der Waals surface area contributed by atoms with Gasteiger partial charge in [-0.3, -0.25) is 4.79 Å². The fourth-order valence-electron chi connectivity index (χ4n) is 2.61. The molecule has 3 rings (SSSR count). The van der Waals surface area contributed by atoms with Crippen molar-refractivity contribution in [3.8, 4) is 5.75 Å². The maximum absolute atomic E-state index is 12.5. The fourth-order valence-corrected chi connectivity index (χ4v) is 2.61. The smallest absolute Gasteiger partial charge is 0.273 e. The molecule has 24 heavy (non-hydrogen) atoms. The van der Waals surface area contributed by atoms with E-state index in [1.165, 1.54) is 0 Å². The normalized spacial score (nSPS) is 11.5. The van der Waals surface area contributed by atoms with E-state index in [0.29, 0.717) is 5.56 Å². The van der Waals surface area contributed by atoms with Gasteiger partial charge in [0.25, 0.3) is 5.91 Å². The summed E-state index contributed by atoms with van der Waals surface area (Å²) in [4.78, 5) is 12.5. The van der Waals surface area contributed by atoms with Crippen LogP contribution in [0.25, 0.3) is 10.9 Å². The van der Waals surface area contributed by atoms with Crippen LogP contribution in [0, 0.1) is 0 Å². The molecular weight excluding hydrogens is 302 g/mol. The minimum Gasteiger partial charge on any atom is -0.497 e. The molecule has 0 aliphatic carbocycles. The lowest BCUT2D eigenvalue weighted by molar-refractivity contribution is 0.0956. The van der Waals surface area contributed by atoms with Gasteiger partial charge < -0.3 is 9.30 Å². The van der Waals surface area contributed by atoms with Crippen LogP contribution in [0.4, 0.5) is 0 Å². The van der Waals surface area contributed by atoms with Crippen LogP contribution >= 0.6 is 0 Å². The molecule has 1 heterocycles. The Hall–Kier alpha value is -3.08. The molecule has 0 fully saturated rings. The number of aromatic nitrogens is 1. The highest BCUT2D eigenvalue weighted by Gasteiger charge is 2.13. The van der Waals surface area contributed by atoms with E-state index in [9.17, 15) is 4.79 Å². The molecule has 0 saturated carbocycles. The molecule has 1 amide bonds. The zero-order valence-corrected chi connectivity index (χ0v) is 13.9. The summed E-state index contributed by atoms with van der Waals surface area (Å²) < 4.78 is 7.07. The number of carbonyl (C=O) groups is 1. The van der Waals surface area contributed by atoms with Crippen molar-refractivity contribution in [2.24, 2.45) is 12.1 Å². The van der Waals surface area contributed by atoms with Crippen LogP contribution in [0.3, 0.4) is 0 Å². The summed E-state index contributed by atoms with van der Waals surface area (Å²) in [5.41, 5.74) is 5.91. The largest absolute Gasteiger partial charge is 0.497 e. The van der Waals surface area contributed by atoms with Gasteiger partial charge in [0.2, 0.25) is 0 Å². The monoisotopic (exact) mass is 321 g/mol. The number of hydrogen-bond acceptors (Lipinski definition) is 3. The van der Waals surface area contributed by atoms with Gasteiger partial charge in [-0.2, -0.15) is 5.10 Å². The fraction of sp³-hybridized carbons (Fsp3) is 0.158. The molecule has 0 unspecified atom stereocenters. The maximum Gasteiger partial charge on any atom is 0.273 e. The predicted molar refractivity (Wildman–Crippen MR) is 95.6 cm³/mol. The molecule has 2 aromatic carbocycles. The zero-order valence-electron chi connectivity index (χ0n) is 13.9. The average molecular weight is 321 g/mol. The van der Waals surface area contributed by atoms with Crippen LogP contribution < -0.4 is 10.2 Å². The first-order chi connectivity index (χ1) is 11.6. The quantitative estimate of drug-likeness (QED) is 0.592. The summed E-state index contributed by atoms with van der Waals surface area (Å²) in [5, 5.41) is 5.12. The summed E-state index contributed by atoms with van der Waals surface area (Å²) >= 11 is 0. The Kier molecular flexibility index (Phi) is 4.33. The predicted octanol–water partition coefficient (Wildman–Crippen LogP) is 3.34. The van der Waals surface area contributed by atoms with Crippen LogP contribution in [0.1, 0.15) is 22.8 Å². The van der Waals surface area contributed by atoms with E-state index in [1.54, 1.807) is 7.11 Å². The first-order valence-electron chi connectivity index (χ1n) is 7.63. The molecule has 0 atom stereocenters. The van der Waals surface area contributed by atoms with Gasteiger partial charge in [0.15, 0.2) is 0 Å². The maximum atomic E-state index is 12.5. The van der Waals surface area contributed by atoms with Crippen LogP contribution in [-0.4, -0.2) is 23.3 Å². The number of nitrogens with one attached hydrogen (secondary N) is 1. The lowest BCUT2D eigenvalue weighted by atomic mass is 10.1. The summed E-state index contributed by atoms with van der Waals surface area (Å²) in [6, 6.07) is 15.3. The van der Waals surface area contributed by atoms with E-state index in [2.05, 4.69) is 10.5 Å². The molecule has 3 aromatic rings. The number of hydrazone groups is 1. The molecule has 5 heteroatoms. The van der Waals surface area contributed by atoms with Crippen molar-refractivity contribution in [3.05, 3.63) is 65.9 Å². The minimum absolute atomic E-state index is 0.223. The van der Waals surface area contributed by atoms with E-state index in [4.69, 9.17) is 4.74 Å². The van der Waals surface area contributed by atoms with E-state index in [-0.39, 0.29) is 5.91 Å². The molecular formula is C19H19N3O2. The van der Waals surface area contributed by atoms with Gasteiger partial charge in [0, 0.05) is 24.1 Å². The number of ether oxygens (including phenoxy) is 1. The summed E-state index contributed by atoms with van der Waals surface area (Å²) in [6.07, 6.45) is 1.82. The summed E-state index contributed by atoms with van der Waals surface area (Å²) in [6.45, 7) is 1.85. The molecule has 0 spiro atoms. The zero-order chi connectivity index (χ0) is 17.1. The number of aryl methyl sites for hydroxylation is 1. The Morgan fingerprint density at radius 1 is 1.12 bits per heavy atom. The third-order valence-corrected chi connectivity index (χ3v) is 3.97. The second-order valence-corrected chi connectivity index (χ2v) is 5.54. The number of rotatable bonds is 4. The number of hydrogen-bond donors (Lipinski definition) is 1. The van der Waals surface area contributed by atoms with Crippen molar-refractivity contribution in [1.29, 1.82) is 0 Å². The van der Waals surface area contributed by atoms with Gasteiger partial charge in [0.05, 0.1) is 18.4 Å². The van der Waals surface area contributed by atoms with Crippen molar-refractivity contribution in [3.63, 3.8) is 0 Å². The number of amides is 1. The number of benzene rings is 2. The van der Waals surface area contributed by atoms with Crippen LogP contribution in [0.5, 0.6) is 5.75 Å². The Bertz CT molecular complexity index is 908. The molecule has 0 aliphatic rings. The molecule has 122 valence electrons. The number of para-hydroxylation sites is 1. The lowest BCUT2D eigenvalue weighted by Gasteiger charge is -2.04. The standard InChI is InChI=1S/C19H19N3O2/c1-13(14-8-10-15(24-3)11-9-14)20-21-19(23)17-12-22(2)18-7-5-4-6-16(17)18/h4-12H,1-3H3,(H,21,23)/b20-13-. The molecule has 0 bridgehead atoms. The van der Waals surface area contributed by atoms with Gasteiger partial charge in [-0.1, -0.05) is 18.2 Å². The third kappa shape index (κ3) is 3.01. The Morgan fingerprint density at radius 3 is 2.54 bits per heavy atom. The van der Waals surface area contributed by atoms with Gasteiger partial charge in [-0.05, 0) is 42.8 Å². The second kappa shape index (κ2) is 6.58. The first kappa shape index (κ1) is 15.8. The summed E-state index contributed by atoms with van der Waals surface area (Å²) in [5.74, 6) is 0.561. The van der Waals surface area contributed by atoms with Crippen molar-refractivity contribution in [1.82, 2.24) is 9.99 Å². The molecule has 1 N–H and O–H groups in total. The number of carbonyl (C=O) groups excluding carboxylic acids is 1. The molecule has 0 aliphatic heterocycles. The van der Waals surface area contributed by atoms with Gasteiger partial charge in [0.1, 0.15) is 5.75 Å². The minimum atomic E-state index is -0.223. The van der Waals surface area contributed by atoms with Crippen LogP contribution in [-0.2, 0) is 7.05 Å². The van der Waals surface area contributed by atoms with E-state index in [1.807, 2.05) is 73.3 Å². The van der Waals surface area contributed by atoms with Crippen molar-refractivity contribution in [2.75, 3.05) is 7.11 Å². The molecule has 1 aromatic heterocycles. The van der Waals surface area contributed by atoms with Crippen molar-refractivity contribution < 1.29 is 9.53 Å². The highest BCUT2D eigenvalue weighted by Crippen LogP contribution is 2.20. The van der Waals surface area contributed by atoms with Crippen LogP contribution in [0.15, 0.2) is 59.8 Å². The number of nitrogens with zero attached hydrogens (tertiary/aromatic N) is 2. The van der Waals surface area contributed by atoms with Crippen LogP contribution in [0.2, 0.25) is 0 Å². The Balaban J connectivity index is 1.80. The topological polar surface area (TPSA) is 55.6 Å². The molecule has 5 nitrogen and oxygen atoms in total. The van der Waals surface area contributed by atoms with Gasteiger partial charge >= 0.3 is 0 Å². The lowest BCUT2D eigenvalue weighted by Crippen LogP contribution is -2.19. The first-order valence-corrected chi connectivity index (χ1v) is 7.63. The number of methoxy groups -OCH3 is 1. The molecule has 0 radical (unpaired) electrons. The highest BCUT2D eigenvalue weighted by atomic mass is 16.5. The Morgan fingerprint density at radius 2 is 1.83 bits per heavy atom. The van der Waals surface area contributed by atoms with E-state index < -0.39 is 0 Å². The van der Waals surface area contributed by atoms with Gasteiger partial charge in [-0.25, -0.2) is 5.43 Å². The summed E-state index contributed by atoms with van der Waals surface area (Å²) in [7, 11) is 3.55. The van der Waals surface area contributed by atoms with Crippen molar-refractivity contribution in [2.45, 2.75) is 6.92 Å². The van der Waals surface area contributed by atoms with Crippen molar-refractivity contribution >= 4 is 22.5 Å². The SMILES string of the molecule is COc1ccc(/C(C)=N\NC(=O)c2cn(C)c3ccccc23)cc1. The van der Waals surface area contributed by atoms with Gasteiger partial charge in [-0.15, -0.1) is 0 Å². The highest BCUT2D eigenvalue weighted by molar-refractivity contribution is 6.07. The Labute approximate surface area is 140 Å². The average Bonchev–Trinajstić information content (AvgIpc) is 2.97. The second-order valence-electron chi connectivity index (χ2n) is 5.54. The van der Waals surface area contributed by atoms with E-state index in [0.717, 1.165) is 27.9 Å².